The molecule has 0 spiro atoms. The number of aromatic amines is 1. The topological polar surface area (TPSA) is 95.0 Å². The molecule has 0 saturated heterocycles. The molecular formula is C17H12F3N3O3S. The lowest BCUT2D eigenvalue weighted by molar-refractivity contribution is -0.137. The van der Waals surface area contributed by atoms with Crippen molar-refractivity contribution >= 4 is 26.6 Å². The Labute approximate surface area is 152 Å². The maximum atomic E-state index is 12.8. The zero-order chi connectivity index (χ0) is 19.8. The van der Waals surface area contributed by atoms with Crippen LogP contribution in [-0.4, -0.2) is 20.5 Å². The zero-order valence-corrected chi connectivity index (χ0v) is 14.6. The van der Waals surface area contributed by atoms with Crippen LogP contribution in [0, 0.1) is 11.3 Å². The summed E-state index contributed by atoms with van der Waals surface area (Å²) >= 11 is 0. The van der Waals surface area contributed by atoms with E-state index in [1.54, 1.807) is 0 Å². The highest BCUT2D eigenvalue weighted by atomic mass is 32.2. The summed E-state index contributed by atoms with van der Waals surface area (Å²) in [6.07, 6.45) is -3.44. The molecule has 6 nitrogen and oxygen atoms in total. The highest BCUT2D eigenvalue weighted by molar-refractivity contribution is 7.93. The normalized spacial score (nSPS) is 12.0. The molecule has 140 valence electrons. The molecule has 0 unspecified atom stereocenters. The van der Waals surface area contributed by atoms with Crippen molar-refractivity contribution in [3.8, 4) is 11.8 Å². The van der Waals surface area contributed by atoms with Crippen molar-refractivity contribution in [2.75, 3.05) is 11.8 Å². The summed E-state index contributed by atoms with van der Waals surface area (Å²) in [5.74, 6) is 0.0442. The van der Waals surface area contributed by atoms with E-state index in [4.69, 9.17) is 10.00 Å². The number of alkyl halides is 3. The summed E-state index contributed by atoms with van der Waals surface area (Å²) in [7, 11) is -2.86. The van der Waals surface area contributed by atoms with Crippen LogP contribution in [0.1, 0.15) is 11.1 Å². The fourth-order valence-corrected chi connectivity index (χ4v) is 3.87. The first kappa shape index (κ1) is 18.6. The first-order chi connectivity index (χ1) is 12.7. The average Bonchev–Trinajstić information content (AvgIpc) is 3.04. The number of nitrogens with one attached hydrogen (secondary N) is 2. The Hall–Kier alpha value is -3.19. The van der Waals surface area contributed by atoms with E-state index < -0.39 is 21.8 Å². The van der Waals surface area contributed by atoms with Crippen molar-refractivity contribution in [3.63, 3.8) is 0 Å². The number of para-hydroxylation sites is 1. The van der Waals surface area contributed by atoms with Gasteiger partial charge in [0.25, 0.3) is 10.0 Å². The van der Waals surface area contributed by atoms with Crippen LogP contribution in [0.15, 0.2) is 47.5 Å². The fourth-order valence-electron chi connectivity index (χ4n) is 2.62. The van der Waals surface area contributed by atoms with Crippen molar-refractivity contribution in [2.45, 2.75) is 11.1 Å². The number of nitriles is 1. The number of anilines is 1. The standard InChI is InChI=1S/C17H12F3N3O3S/c1-26-16-10(8-21)3-2-4-13(16)23-27(24,25)15-9-22-14-7-11(17(18,19)20)5-6-12(14)15/h2-7,9,22-23H,1H3. The maximum Gasteiger partial charge on any atom is 0.416 e. The molecular weight excluding hydrogens is 383 g/mol. The minimum atomic E-state index is -4.54. The van der Waals surface area contributed by atoms with Crippen LogP contribution in [0.25, 0.3) is 10.9 Å². The van der Waals surface area contributed by atoms with Crippen LogP contribution in [0.5, 0.6) is 5.75 Å². The molecule has 1 aromatic heterocycles. The van der Waals surface area contributed by atoms with Crippen molar-refractivity contribution in [3.05, 3.63) is 53.7 Å². The van der Waals surface area contributed by atoms with Crippen molar-refractivity contribution < 1.29 is 26.3 Å². The van der Waals surface area contributed by atoms with Gasteiger partial charge in [-0.3, -0.25) is 4.72 Å². The Balaban J connectivity index is 2.05. The molecule has 0 aliphatic heterocycles. The van der Waals surface area contributed by atoms with E-state index in [1.165, 1.54) is 25.3 Å². The molecule has 0 aliphatic rings. The third-order valence-electron chi connectivity index (χ3n) is 3.84. The summed E-state index contributed by atoms with van der Waals surface area (Å²) in [5.41, 5.74) is -0.690. The second kappa shape index (κ2) is 6.51. The second-order valence-corrected chi connectivity index (χ2v) is 7.17. The molecule has 0 amide bonds. The molecule has 3 rings (SSSR count). The number of methoxy groups -OCH3 is 1. The van der Waals surface area contributed by atoms with E-state index in [-0.39, 0.29) is 32.8 Å². The second-order valence-electron chi connectivity index (χ2n) is 5.51. The molecule has 2 aromatic carbocycles. The van der Waals surface area contributed by atoms with Gasteiger partial charge in [0.2, 0.25) is 0 Å². The Morgan fingerprint density at radius 3 is 2.59 bits per heavy atom. The molecule has 0 atom stereocenters. The summed E-state index contributed by atoms with van der Waals surface area (Å²) in [6, 6.07) is 8.97. The van der Waals surface area contributed by atoms with Crippen LogP contribution < -0.4 is 9.46 Å². The molecule has 0 fully saturated rings. The van der Waals surface area contributed by atoms with Crippen molar-refractivity contribution in [1.29, 1.82) is 5.26 Å². The van der Waals surface area contributed by atoms with E-state index >= 15 is 0 Å². The van der Waals surface area contributed by atoms with Crippen molar-refractivity contribution in [2.24, 2.45) is 0 Å². The molecule has 10 heteroatoms. The third kappa shape index (κ3) is 3.41. The smallest absolute Gasteiger partial charge is 0.416 e. The SMILES string of the molecule is COc1c(C#N)cccc1NS(=O)(=O)c1c[nH]c2cc(C(F)(F)F)ccc12. The number of benzene rings is 2. The van der Waals surface area contributed by atoms with Gasteiger partial charge in [-0.25, -0.2) is 8.42 Å². The number of hydrogen-bond acceptors (Lipinski definition) is 4. The molecule has 2 N–H and O–H groups in total. The third-order valence-corrected chi connectivity index (χ3v) is 5.25. The number of hydrogen-bond donors (Lipinski definition) is 2. The Kier molecular flexibility index (Phi) is 4.49. The fraction of sp³-hybridized carbons (Fsp3) is 0.118. The molecule has 1 heterocycles. The van der Waals surface area contributed by atoms with E-state index in [2.05, 4.69) is 9.71 Å². The molecule has 0 saturated carbocycles. The van der Waals surface area contributed by atoms with Gasteiger partial charge in [-0.1, -0.05) is 12.1 Å². The van der Waals surface area contributed by atoms with E-state index in [0.717, 1.165) is 24.4 Å². The molecule has 3 aromatic rings. The van der Waals surface area contributed by atoms with Gasteiger partial charge >= 0.3 is 6.18 Å². The van der Waals surface area contributed by atoms with Gasteiger partial charge < -0.3 is 9.72 Å². The lowest BCUT2D eigenvalue weighted by Gasteiger charge is -2.12. The lowest BCUT2D eigenvalue weighted by Crippen LogP contribution is -2.13. The van der Waals surface area contributed by atoms with Gasteiger partial charge in [-0.15, -0.1) is 0 Å². The van der Waals surface area contributed by atoms with Gasteiger partial charge in [0.1, 0.15) is 11.0 Å². The predicted molar refractivity (Wildman–Crippen MR) is 91.8 cm³/mol. The Bertz CT molecular complexity index is 1160. The van der Waals surface area contributed by atoms with Crippen LogP contribution in [0.2, 0.25) is 0 Å². The highest BCUT2D eigenvalue weighted by Crippen LogP contribution is 2.34. The number of fused-ring (bicyclic) bond motifs is 1. The number of sulfonamides is 1. The van der Waals surface area contributed by atoms with Crippen LogP contribution in [0.4, 0.5) is 18.9 Å². The maximum absolute atomic E-state index is 12.8. The summed E-state index contributed by atoms with van der Waals surface area (Å²) in [6.45, 7) is 0. The number of H-pyrrole nitrogens is 1. The Morgan fingerprint density at radius 2 is 1.96 bits per heavy atom. The van der Waals surface area contributed by atoms with Gasteiger partial charge in [-0.05, 0) is 24.3 Å². The zero-order valence-electron chi connectivity index (χ0n) is 13.8. The van der Waals surface area contributed by atoms with Gasteiger partial charge in [-0.2, -0.15) is 18.4 Å². The molecule has 0 radical (unpaired) electrons. The highest BCUT2D eigenvalue weighted by Gasteiger charge is 2.31. The number of aromatic nitrogens is 1. The first-order valence-corrected chi connectivity index (χ1v) is 8.94. The van der Waals surface area contributed by atoms with E-state index in [0.29, 0.717) is 0 Å². The number of ether oxygens (including phenoxy) is 1. The van der Waals surface area contributed by atoms with Crippen molar-refractivity contribution in [1.82, 2.24) is 4.98 Å². The predicted octanol–water partition coefficient (Wildman–Crippen LogP) is 3.87. The van der Waals surface area contributed by atoms with Crippen LogP contribution >= 0.6 is 0 Å². The summed E-state index contributed by atoms with van der Waals surface area (Å²) in [5, 5.41) is 9.19. The molecule has 27 heavy (non-hydrogen) atoms. The molecule has 0 aliphatic carbocycles. The van der Waals surface area contributed by atoms with E-state index in [1.807, 2.05) is 6.07 Å². The van der Waals surface area contributed by atoms with E-state index in [9.17, 15) is 21.6 Å². The average molecular weight is 395 g/mol. The number of nitrogens with zero attached hydrogens (tertiary/aromatic N) is 1. The minimum Gasteiger partial charge on any atom is -0.493 e. The number of rotatable bonds is 4. The number of halogens is 3. The first-order valence-electron chi connectivity index (χ1n) is 7.45. The lowest BCUT2D eigenvalue weighted by atomic mass is 10.1. The van der Waals surface area contributed by atoms with Gasteiger partial charge in [0, 0.05) is 17.1 Å². The summed E-state index contributed by atoms with van der Waals surface area (Å²) < 4.78 is 71.3. The summed E-state index contributed by atoms with van der Waals surface area (Å²) in [4.78, 5) is 2.31. The quantitative estimate of drug-likeness (QED) is 0.701. The van der Waals surface area contributed by atoms with Crippen LogP contribution in [0.3, 0.4) is 0 Å². The Morgan fingerprint density at radius 1 is 1.22 bits per heavy atom. The van der Waals surface area contributed by atoms with Gasteiger partial charge in [0.05, 0.1) is 23.9 Å². The monoisotopic (exact) mass is 395 g/mol. The van der Waals surface area contributed by atoms with Gasteiger partial charge in [0.15, 0.2) is 5.75 Å². The van der Waals surface area contributed by atoms with Crippen LogP contribution in [-0.2, 0) is 16.2 Å². The minimum absolute atomic E-state index is 0.0305. The largest absolute Gasteiger partial charge is 0.493 e. The molecule has 0 bridgehead atoms.